The number of nitrogens with one attached hydrogen (secondary N) is 1. The smallest absolute Gasteiger partial charge is 0.349 e. The largest absolute Gasteiger partial charge is 0.417 e. The van der Waals surface area contributed by atoms with E-state index in [-0.39, 0.29) is 6.04 Å². The Labute approximate surface area is 146 Å². The third-order valence-corrected chi connectivity index (χ3v) is 4.18. The minimum absolute atomic E-state index is 0.313. The molecular formula is C15H15Cl2F3N2O2. The first-order chi connectivity index (χ1) is 11.2. The van der Waals surface area contributed by atoms with Crippen LogP contribution in [-0.2, 0) is 11.0 Å². The zero-order valence-corrected chi connectivity index (χ0v) is 14.0. The molecule has 1 aliphatic heterocycles. The lowest BCUT2D eigenvalue weighted by molar-refractivity contribution is -0.138. The zero-order chi connectivity index (χ0) is 17.9. The lowest BCUT2D eigenvalue weighted by Crippen LogP contribution is -2.48. The Morgan fingerprint density at radius 3 is 2.29 bits per heavy atom. The van der Waals surface area contributed by atoms with E-state index in [0.717, 1.165) is 12.1 Å². The molecule has 2 amide bonds. The molecule has 9 heteroatoms. The number of benzene rings is 1. The summed E-state index contributed by atoms with van der Waals surface area (Å²) in [4.78, 5) is 24.1. The van der Waals surface area contributed by atoms with Crippen molar-refractivity contribution in [2.75, 3.05) is 13.1 Å². The van der Waals surface area contributed by atoms with Gasteiger partial charge in [0.05, 0.1) is 11.1 Å². The van der Waals surface area contributed by atoms with E-state index in [1.165, 1.54) is 17.0 Å². The van der Waals surface area contributed by atoms with Gasteiger partial charge in [-0.25, -0.2) is 0 Å². The molecule has 0 aromatic heterocycles. The molecule has 2 rings (SSSR count). The van der Waals surface area contributed by atoms with Crippen LogP contribution in [0.15, 0.2) is 24.3 Å². The molecule has 0 unspecified atom stereocenters. The summed E-state index contributed by atoms with van der Waals surface area (Å²) in [6.07, 6.45) is -3.75. The van der Waals surface area contributed by atoms with Crippen molar-refractivity contribution in [2.24, 2.45) is 0 Å². The number of piperidine rings is 1. The van der Waals surface area contributed by atoms with Gasteiger partial charge in [-0.1, -0.05) is 35.3 Å². The predicted octanol–water partition coefficient (Wildman–Crippen LogP) is 3.23. The highest BCUT2D eigenvalue weighted by atomic mass is 35.5. The monoisotopic (exact) mass is 382 g/mol. The molecule has 1 saturated heterocycles. The molecule has 4 nitrogen and oxygen atoms in total. The van der Waals surface area contributed by atoms with E-state index >= 15 is 0 Å². The van der Waals surface area contributed by atoms with Crippen LogP contribution >= 0.6 is 23.2 Å². The Balaban J connectivity index is 1.99. The molecule has 0 saturated carbocycles. The lowest BCUT2D eigenvalue weighted by Gasteiger charge is -2.32. The summed E-state index contributed by atoms with van der Waals surface area (Å²) in [6.45, 7) is 0.668. The molecule has 24 heavy (non-hydrogen) atoms. The molecule has 0 bridgehead atoms. The Kier molecular flexibility index (Phi) is 5.98. The molecule has 1 aliphatic rings. The Morgan fingerprint density at radius 1 is 1.17 bits per heavy atom. The Morgan fingerprint density at radius 2 is 1.75 bits per heavy atom. The van der Waals surface area contributed by atoms with E-state index in [0.29, 0.717) is 25.9 Å². The topological polar surface area (TPSA) is 49.4 Å². The molecule has 0 spiro atoms. The van der Waals surface area contributed by atoms with Crippen LogP contribution in [0.5, 0.6) is 0 Å². The molecule has 1 aromatic rings. The van der Waals surface area contributed by atoms with Crippen LogP contribution in [0.3, 0.4) is 0 Å². The van der Waals surface area contributed by atoms with Crippen molar-refractivity contribution < 1.29 is 22.8 Å². The standard InChI is InChI=1S/C15H15Cl2F3N2O2/c16-12(17)14(24)22-7-5-9(6-8-22)21-13(23)10-3-1-2-4-11(10)15(18,19)20/h1-4,9,12H,5-8H2,(H,21,23). The fraction of sp³-hybridized carbons (Fsp3) is 0.467. The highest BCUT2D eigenvalue weighted by Gasteiger charge is 2.35. The highest BCUT2D eigenvalue weighted by Crippen LogP contribution is 2.31. The fourth-order valence-corrected chi connectivity index (χ4v) is 2.85. The third-order valence-electron chi connectivity index (χ3n) is 3.81. The van der Waals surface area contributed by atoms with Gasteiger partial charge in [-0.2, -0.15) is 13.2 Å². The SMILES string of the molecule is O=C(NC1CCN(C(=O)C(Cl)Cl)CC1)c1ccccc1C(F)(F)F. The maximum absolute atomic E-state index is 13.0. The van der Waals surface area contributed by atoms with Crippen molar-refractivity contribution >= 4 is 35.0 Å². The van der Waals surface area contributed by atoms with E-state index in [4.69, 9.17) is 23.2 Å². The molecule has 1 heterocycles. The summed E-state index contributed by atoms with van der Waals surface area (Å²) in [5.74, 6) is -1.19. The minimum Gasteiger partial charge on any atom is -0.349 e. The summed E-state index contributed by atoms with van der Waals surface area (Å²) >= 11 is 11.0. The van der Waals surface area contributed by atoms with Crippen molar-refractivity contribution in [1.82, 2.24) is 10.2 Å². The van der Waals surface area contributed by atoms with E-state index in [9.17, 15) is 22.8 Å². The van der Waals surface area contributed by atoms with Crippen LogP contribution in [0, 0.1) is 0 Å². The normalized spacial score (nSPS) is 16.3. The molecule has 1 fully saturated rings. The van der Waals surface area contributed by atoms with Crippen molar-refractivity contribution in [3.05, 3.63) is 35.4 Å². The fourth-order valence-electron chi connectivity index (χ4n) is 2.57. The number of rotatable bonds is 3. The molecule has 132 valence electrons. The van der Waals surface area contributed by atoms with Gasteiger partial charge in [0.1, 0.15) is 0 Å². The van der Waals surface area contributed by atoms with Crippen molar-refractivity contribution in [3.8, 4) is 0 Å². The zero-order valence-electron chi connectivity index (χ0n) is 12.4. The first kappa shape index (κ1) is 18.9. The number of likely N-dealkylation sites (tertiary alicyclic amines) is 1. The highest BCUT2D eigenvalue weighted by molar-refractivity contribution is 6.53. The Bertz CT molecular complexity index is 615. The number of carbonyl (C=O) groups is 2. The van der Waals surface area contributed by atoms with Gasteiger partial charge in [0, 0.05) is 19.1 Å². The van der Waals surface area contributed by atoms with Gasteiger partial charge in [0.2, 0.25) is 0 Å². The summed E-state index contributed by atoms with van der Waals surface area (Å²) in [6, 6.07) is 4.32. The third kappa shape index (κ3) is 4.54. The second-order valence-electron chi connectivity index (χ2n) is 5.42. The van der Waals surface area contributed by atoms with E-state index in [1.54, 1.807) is 0 Å². The number of nitrogens with zero attached hydrogens (tertiary/aromatic N) is 1. The summed E-state index contributed by atoms with van der Waals surface area (Å²) in [7, 11) is 0. The van der Waals surface area contributed by atoms with Crippen LogP contribution in [-0.4, -0.2) is 40.7 Å². The molecule has 1 aromatic carbocycles. The van der Waals surface area contributed by atoms with Gasteiger partial charge in [-0.15, -0.1) is 0 Å². The van der Waals surface area contributed by atoms with Gasteiger partial charge in [-0.05, 0) is 25.0 Å². The molecule has 0 aliphatic carbocycles. The first-order valence-electron chi connectivity index (χ1n) is 7.24. The van der Waals surface area contributed by atoms with Gasteiger partial charge in [0.15, 0.2) is 4.84 Å². The Hall–Kier alpha value is -1.47. The average Bonchev–Trinajstić information content (AvgIpc) is 2.54. The maximum atomic E-state index is 13.0. The van der Waals surface area contributed by atoms with Crippen LogP contribution in [0.25, 0.3) is 0 Å². The molecule has 0 atom stereocenters. The number of hydrogen-bond donors (Lipinski definition) is 1. The van der Waals surface area contributed by atoms with Crippen molar-refractivity contribution in [1.29, 1.82) is 0 Å². The predicted molar refractivity (Wildman–Crippen MR) is 84.0 cm³/mol. The van der Waals surface area contributed by atoms with Gasteiger partial charge >= 0.3 is 6.18 Å². The van der Waals surface area contributed by atoms with E-state index in [1.807, 2.05) is 0 Å². The molecule has 0 radical (unpaired) electrons. The number of halogens is 5. The average molecular weight is 383 g/mol. The quantitative estimate of drug-likeness (QED) is 0.815. The van der Waals surface area contributed by atoms with Crippen LogP contribution < -0.4 is 5.32 Å². The number of alkyl halides is 5. The van der Waals surface area contributed by atoms with Gasteiger partial charge in [-0.3, -0.25) is 9.59 Å². The van der Waals surface area contributed by atoms with Crippen molar-refractivity contribution in [2.45, 2.75) is 29.9 Å². The minimum atomic E-state index is -4.60. The van der Waals surface area contributed by atoms with E-state index in [2.05, 4.69) is 5.32 Å². The van der Waals surface area contributed by atoms with Gasteiger partial charge < -0.3 is 10.2 Å². The van der Waals surface area contributed by atoms with Crippen LogP contribution in [0.1, 0.15) is 28.8 Å². The van der Waals surface area contributed by atoms with Gasteiger partial charge in [0.25, 0.3) is 11.8 Å². The lowest BCUT2D eigenvalue weighted by atomic mass is 10.0. The maximum Gasteiger partial charge on any atom is 0.417 e. The molecular weight excluding hydrogens is 368 g/mol. The van der Waals surface area contributed by atoms with Crippen LogP contribution in [0.2, 0.25) is 0 Å². The summed E-state index contributed by atoms with van der Waals surface area (Å²) in [5, 5.41) is 2.59. The second-order valence-corrected chi connectivity index (χ2v) is 6.51. The summed E-state index contributed by atoms with van der Waals surface area (Å²) in [5.41, 5.74) is -1.38. The van der Waals surface area contributed by atoms with Crippen molar-refractivity contribution in [3.63, 3.8) is 0 Å². The summed E-state index contributed by atoms with van der Waals surface area (Å²) < 4.78 is 38.9. The first-order valence-corrected chi connectivity index (χ1v) is 8.11. The second kappa shape index (κ2) is 7.61. The number of hydrogen-bond acceptors (Lipinski definition) is 2. The number of amides is 2. The van der Waals surface area contributed by atoms with Crippen LogP contribution in [0.4, 0.5) is 13.2 Å². The number of carbonyl (C=O) groups excluding carboxylic acids is 2. The van der Waals surface area contributed by atoms with E-state index < -0.39 is 34.0 Å². The molecule has 1 N–H and O–H groups in total.